The Morgan fingerprint density at radius 3 is 2.27 bits per heavy atom. The summed E-state index contributed by atoms with van der Waals surface area (Å²) in [7, 11) is 1.31. The molecule has 0 aliphatic carbocycles. The van der Waals surface area contributed by atoms with Crippen LogP contribution in [-0.4, -0.2) is 50.2 Å². The third-order valence-corrected chi connectivity index (χ3v) is 3.08. The molecule has 2 rings (SSSR count). The highest BCUT2D eigenvalue weighted by atomic mass is 16.5. The Kier molecular flexibility index (Phi) is 2.65. The van der Waals surface area contributed by atoms with E-state index >= 15 is 0 Å². The lowest BCUT2D eigenvalue weighted by molar-refractivity contribution is -0.193. The Bertz CT molecular complexity index is 279. The molecule has 0 radical (unpaired) electrons. The van der Waals surface area contributed by atoms with Crippen LogP contribution in [0.1, 0.15) is 12.8 Å². The van der Waals surface area contributed by atoms with Crippen molar-refractivity contribution in [3.8, 4) is 0 Å². The third-order valence-electron chi connectivity index (χ3n) is 3.08. The molecule has 2 heterocycles. The highest BCUT2D eigenvalue weighted by Crippen LogP contribution is 2.32. The van der Waals surface area contributed by atoms with Crippen LogP contribution in [0.4, 0.5) is 0 Å². The Labute approximate surface area is 88.3 Å². The van der Waals surface area contributed by atoms with Gasteiger partial charge < -0.3 is 14.4 Å². The number of carbonyl (C=O) groups excluding carboxylic acids is 2. The van der Waals surface area contributed by atoms with Crippen LogP contribution in [0.15, 0.2) is 0 Å². The number of likely N-dealkylation sites (tertiary alicyclic amines) is 1. The molecule has 0 bridgehead atoms. The van der Waals surface area contributed by atoms with Crippen molar-refractivity contribution in [1.29, 1.82) is 0 Å². The third kappa shape index (κ3) is 1.51. The lowest BCUT2D eigenvalue weighted by atomic mass is 9.84. The van der Waals surface area contributed by atoms with Crippen molar-refractivity contribution >= 4 is 11.9 Å². The number of rotatable bonds is 2. The zero-order valence-corrected chi connectivity index (χ0v) is 8.82. The lowest BCUT2D eigenvalue weighted by Gasteiger charge is -2.39. The highest BCUT2D eigenvalue weighted by molar-refractivity contribution is 6.04. The Balaban J connectivity index is 2.11. The fourth-order valence-corrected chi connectivity index (χ4v) is 2.05. The van der Waals surface area contributed by atoms with Gasteiger partial charge in [-0.05, 0) is 12.8 Å². The van der Waals surface area contributed by atoms with Crippen LogP contribution in [0, 0.1) is 5.41 Å². The van der Waals surface area contributed by atoms with Crippen molar-refractivity contribution in [3.05, 3.63) is 0 Å². The molecule has 5 nitrogen and oxygen atoms in total. The number of carbonyl (C=O) groups is 2. The van der Waals surface area contributed by atoms with Gasteiger partial charge in [-0.25, -0.2) is 0 Å². The first kappa shape index (κ1) is 10.4. The summed E-state index contributed by atoms with van der Waals surface area (Å²) in [6, 6.07) is 0. The fourth-order valence-electron chi connectivity index (χ4n) is 2.05. The van der Waals surface area contributed by atoms with Gasteiger partial charge in [-0.15, -0.1) is 0 Å². The maximum Gasteiger partial charge on any atom is 0.326 e. The van der Waals surface area contributed by atoms with Crippen molar-refractivity contribution in [2.75, 3.05) is 33.4 Å². The van der Waals surface area contributed by atoms with Gasteiger partial charge in [0.05, 0.1) is 20.3 Å². The van der Waals surface area contributed by atoms with E-state index in [2.05, 4.69) is 4.74 Å². The molecular formula is C10H15NO4. The predicted molar refractivity (Wildman–Crippen MR) is 51.1 cm³/mol. The molecule has 0 aromatic carbocycles. The van der Waals surface area contributed by atoms with Crippen molar-refractivity contribution in [2.24, 2.45) is 5.41 Å². The molecule has 0 N–H and O–H groups in total. The van der Waals surface area contributed by atoms with Crippen LogP contribution < -0.4 is 0 Å². The zero-order valence-electron chi connectivity index (χ0n) is 8.82. The molecule has 0 aromatic heterocycles. The topological polar surface area (TPSA) is 55.8 Å². The molecule has 5 heteroatoms. The van der Waals surface area contributed by atoms with Crippen LogP contribution in [0.25, 0.3) is 0 Å². The van der Waals surface area contributed by atoms with Gasteiger partial charge in [0, 0.05) is 13.1 Å². The van der Waals surface area contributed by atoms with Gasteiger partial charge in [0.15, 0.2) is 5.41 Å². The monoisotopic (exact) mass is 213 g/mol. The second-order valence-corrected chi connectivity index (χ2v) is 4.07. The summed E-state index contributed by atoms with van der Waals surface area (Å²) in [4.78, 5) is 25.4. The Hall–Kier alpha value is -1.10. The summed E-state index contributed by atoms with van der Waals surface area (Å²) in [6.45, 7) is 1.82. The van der Waals surface area contributed by atoms with Crippen molar-refractivity contribution < 1.29 is 19.1 Å². The summed E-state index contributed by atoms with van der Waals surface area (Å²) < 4.78 is 9.67. The predicted octanol–water partition coefficient (Wildman–Crippen LogP) is -0.202. The molecule has 2 saturated heterocycles. The van der Waals surface area contributed by atoms with Crippen molar-refractivity contribution in [2.45, 2.75) is 12.8 Å². The smallest absolute Gasteiger partial charge is 0.326 e. The maximum absolute atomic E-state index is 12.1. The Morgan fingerprint density at radius 1 is 1.27 bits per heavy atom. The van der Waals surface area contributed by atoms with Crippen LogP contribution in [0.5, 0.6) is 0 Å². The van der Waals surface area contributed by atoms with Gasteiger partial charge in [0.2, 0.25) is 5.91 Å². The molecule has 0 spiro atoms. The first-order valence-corrected chi connectivity index (χ1v) is 5.16. The number of hydrogen-bond donors (Lipinski definition) is 0. The largest absolute Gasteiger partial charge is 0.468 e. The van der Waals surface area contributed by atoms with Gasteiger partial charge in [-0.3, -0.25) is 9.59 Å². The zero-order chi connectivity index (χ0) is 10.9. The van der Waals surface area contributed by atoms with Gasteiger partial charge in [-0.2, -0.15) is 0 Å². The van der Waals surface area contributed by atoms with E-state index < -0.39 is 11.4 Å². The molecule has 2 aliphatic heterocycles. The van der Waals surface area contributed by atoms with E-state index in [0.29, 0.717) is 0 Å². The molecule has 84 valence electrons. The second-order valence-electron chi connectivity index (χ2n) is 4.07. The summed E-state index contributed by atoms with van der Waals surface area (Å²) in [5.74, 6) is -0.594. The first-order chi connectivity index (χ1) is 7.20. The van der Waals surface area contributed by atoms with E-state index in [1.807, 2.05) is 0 Å². The minimum atomic E-state index is -1.04. The minimum absolute atomic E-state index is 0.127. The molecule has 1 amide bonds. The van der Waals surface area contributed by atoms with E-state index in [-0.39, 0.29) is 19.1 Å². The molecule has 0 aromatic rings. The number of hydrogen-bond acceptors (Lipinski definition) is 4. The molecule has 0 saturated carbocycles. The highest BCUT2D eigenvalue weighted by Gasteiger charge is 2.55. The number of nitrogens with zero attached hydrogens (tertiary/aromatic N) is 1. The van der Waals surface area contributed by atoms with Crippen LogP contribution in [-0.2, 0) is 19.1 Å². The lowest BCUT2D eigenvalue weighted by Crippen LogP contribution is -2.59. The molecular weight excluding hydrogens is 198 g/mol. The quantitative estimate of drug-likeness (QED) is 0.471. The van der Waals surface area contributed by atoms with Crippen molar-refractivity contribution in [3.63, 3.8) is 0 Å². The first-order valence-electron chi connectivity index (χ1n) is 5.16. The summed E-state index contributed by atoms with van der Waals surface area (Å²) in [6.07, 6.45) is 2.04. The molecule has 2 aliphatic rings. The standard InChI is InChI=1S/C10H15NO4/c1-14-9(13)10(6-15-7-10)8(12)11-4-2-3-5-11/h2-7H2,1H3. The second kappa shape index (κ2) is 3.81. The van der Waals surface area contributed by atoms with Crippen LogP contribution in [0.3, 0.4) is 0 Å². The average Bonchev–Trinajstić information content (AvgIpc) is 2.68. The minimum Gasteiger partial charge on any atom is -0.468 e. The molecule has 0 unspecified atom stereocenters. The van der Waals surface area contributed by atoms with Gasteiger partial charge in [-0.1, -0.05) is 0 Å². The summed E-state index contributed by atoms with van der Waals surface area (Å²) in [5, 5.41) is 0. The number of esters is 1. The summed E-state index contributed by atoms with van der Waals surface area (Å²) >= 11 is 0. The maximum atomic E-state index is 12.1. The van der Waals surface area contributed by atoms with E-state index in [0.717, 1.165) is 25.9 Å². The summed E-state index contributed by atoms with van der Waals surface area (Å²) in [5.41, 5.74) is -1.04. The van der Waals surface area contributed by atoms with Crippen LogP contribution >= 0.6 is 0 Å². The van der Waals surface area contributed by atoms with Gasteiger partial charge >= 0.3 is 5.97 Å². The average molecular weight is 213 g/mol. The van der Waals surface area contributed by atoms with E-state index in [1.165, 1.54) is 7.11 Å². The van der Waals surface area contributed by atoms with E-state index in [4.69, 9.17) is 4.74 Å². The van der Waals surface area contributed by atoms with Crippen molar-refractivity contribution in [1.82, 2.24) is 4.90 Å². The number of amides is 1. The Morgan fingerprint density at radius 2 is 1.87 bits per heavy atom. The van der Waals surface area contributed by atoms with Gasteiger partial charge in [0.1, 0.15) is 0 Å². The molecule has 15 heavy (non-hydrogen) atoms. The van der Waals surface area contributed by atoms with E-state index in [9.17, 15) is 9.59 Å². The normalized spacial score (nSPS) is 23.4. The van der Waals surface area contributed by atoms with Crippen LogP contribution in [0.2, 0.25) is 0 Å². The van der Waals surface area contributed by atoms with E-state index in [1.54, 1.807) is 4.90 Å². The number of ether oxygens (including phenoxy) is 2. The molecule has 2 fully saturated rings. The van der Waals surface area contributed by atoms with Gasteiger partial charge in [0.25, 0.3) is 0 Å². The SMILES string of the molecule is COC(=O)C1(C(=O)N2CCCC2)COC1. The molecule has 0 atom stereocenters. The fraction of sp³-hybridized carbons (Fsp3) is 0.800. The number of methoxy groups -OCH3 is 1.